The number of hydrogen-bond donors (Lipinski definition) is 2. The number of sulfonamides is 1. The first-order valence-electron chi connectivity index (χ1n) is 5.87. The minimum atomic E-state index is -3.16. The van der Waals surface area contributed by atoms with Gasteiger partial charge in [0.2, 0.25) is 21.8 Å². The maximum atomic E-state index is 11.7. The third-order valence-corrected chi connectivity index (χ3v) is 3.40. The van der Waals surface area contributed by atoms with E-state index >= 15 is 0 Å². The lowest BCUT2D eigenvalue weighted by Crippen LogP contribution is -2.39. The number of amides is 2. The van der Waals surface area contributed by atoms with Crippen LogP contribution < -0.4 is 10.0 Å². The fraction of sp³-hybridized carbons (Fsp3) is 0.800. The van der Waals surface area contributed by atoms with E-state index < -0.39 is 16.1 Å². The van der Waals surface area contributed by atoms with Gasteiger partial charge in [-0.1, -0.05) is 0 Å². The van der Waals surface area contributed by atoms with Crippen molar-refractivity contribution in [2.24, 2.45) is 0 Å². The number of likely N-dealkylation sites (tertiary alicyclic amines) is 1. The van der Waals surface area contributed by atoms with Gasteiger partial charge < -0.3 is 5.32 Å². The smallest absolute Gasteiger partial charge is 0.246 e. The quantitative estimate of drug-likeness (QED) is 0.444. The summed E-state index contributed by atoms with van der Waals surface area (Å²) in [7, 11) is -3.16. The molecule has 0 bridgehead atoms. The first-order chi connectivity index (χ1) is 8.35. The molecular formula is C10H19N3O4S. The van der Waals surface area contributed by atoms with Crippen molar-refractivity contribution in [3.05, 3.63) is 0 Å². The lowest BCUT2D eigenvalue weighted by atomic mass is 10.2. The second kappa shape index (κ2) is 6.26. The topological polar surface area (TPSA) is 95.6 Å². The molecule has 2 N–H and O–H groups in total. The van der Waals surface area contributed by atoms with Crippen LogP contribution in [0.1, 0.15) is 19.8 Å². The molecule has 1 aliphatic rings. The van der Waals surface area contributed by atoms with Gasteiger partial charge in [-0.15, -0.1) is 0 Å². The van der Waals surface area contributed by atoms with E-state index in [1.165, 1.54) is 4.90 Å². The van der Waals surface area contributed by atoms with Crippen molar-refractivity contribution in [3.63, 3.8) is 0 Å². The van der Waals surface area contributed by atoms with Crippen molar-refractivity contribution in [2.75, 3.05) is 25.9 Å². The second-order valence-corrected chi connectivity index (χ2v) is 6.04. The number of carbonyl (C=O) groups excluding carboxylic acids is 2. The normalized spacial score (nSPS) is 20.8. The van der Waals surface area contributed by atoms with E-state index in [-0.39, 0.29) is 18.2 Å². The van der Waals surface area contributed by atoms with Crippen LogP contribution in [0.25, 0.3) is 0 Å². The average molecular weight is 277 g/mol. The van der Waals surface area contributed by atoms with Crippen molar-refractivity contribution < 1.29 is 18.0 Å². The highest BCUT2D eigenvalue weighted by Gasteiger charge is 2.36. The summed E-state index contributed by atoms with van der Waals surface area (Å²) in [5, 5.41) is 2.97. The molecule has 0 radical (unpaired) electrons. The van der Waals surface area contributed by atoms with Gasteiger partial charge in [-0.05, 0) is 19.9 Å². The Morgan fingerprint density at radius 1 is 1.33 bits per heavy atom. The third-order valence-electron chi connectivity index (χ3n) is 2.67. The van der Waals surface area contributed by atoms with E-state index in [0.717, 1.165) is 6.26 Å². The zero-order valence-electron chi connectivity index (χ0n) is 10.6. The Labute approximate surface area is 107 Å². The molecule has 0 aromatic rings. The van der Waals surface area contributed by atoms with Gasteiger partial charge in [0.15, 0.2) is 0 Å². The van der Waals surface area contributed by atoms with Crippen LogP contribution in [-0.2, 0) is 19.6 Å². The lowest BCUT2D eigenvalue weighted by molar-refractivity contribution is -0.138. The molecule has 104 valence electrons. The molecule has 0 aromatic heterocycles. The van der Waals surface area contributed by atoms with Gasteiger partial charge in [0, 0.05) is 13.1 Å². The van der Waals surface area contributed by atoms with Crippen LogP contribution in [-0.4, -0.2) is 57.1 Å². The Morgan fingerprint density at radius 3 is 2.50 bits per heavy atom. The zero-order chi connectivity index (χ0) is 13.8. The molecule has 0 saturated carbocycles. The summed E-state index contributed by atoms with van der Waals surface area (Å²) in [6.45, 7) is 2.96. The Kier molecular flexibility index (Phi) is 5.24. The van der Waals surface area contributed by atoms with Crippen LogP contribution >= 0.6 is 0 Å². The van der Waals surface area contributed by atoms with Crippen molar-refractivity contribution in [2.45, 2.75) is 25.8 Å². The van der Waals surface area contributed by atoms with Crippen LogP contribution in [0, 0.1) is 0 Å². The minimum Gasteiger partial charge on any atom is -0.305 e. The Bertz CT molecular complexity index is 421. The monoisotopic (exact) mass is 277 g/mol. The summed E-state index contributed by atoms with van der Waals surface area (Å²) >= 11 is 0. The Morgan fingerprint density at radius 2 is 2.00 bits per heavy atom. The van der Waals surface area contributed by atoms with Crippen LogP contribution in [0.2, 0.25) is 0 Å². The largest absolute Gasteiger partial charge is 0.305 e. The van der Waals surface area contributed by atoms with E-state index in [1.807, 2.05) is 0 Å². The average Bonchev–Trinajstić information content (AvgIpc) is 2.52. The van der Waals surface area contributed by atoms with Crippen molar-refractivity contribution in [1.29, 1.82) is 0 Å². The lowest BCUT2D eigenvalue weighted by Gasteiger charge is -2.13. The van der Waals surface area contributed by atoms with Crippen LogP contribution in [0.15, 0.2) is 0 Å². The number of likely N-dealkylation sites (N-methyl/N-ethyl adjacent to an activating group) is 1. The molecule has 1 heterocycles. The molecule has 7 nitrogen and oxygen atoms in total. The fourth-order valence-electron chi connectivity index (χ4n) is 1.80. The highest BCUT2D eigenvalue weighted by atomic mass is 32.2. The molecule has 1 rings (SSSR count). The zero-order valence-corrected chi connectivity index (χ0v) is 11.4. The summed E-state index contributed by atoms with van der Waals surface area (Å²) in [5.74, 6) is -0.354. The first-order valence-corrected chi connectivity index (χ1v) is 7.76. The van der Waals surface area contributed by atoms with Gasteiger partial charge >= 0.3 is 0 Å². The molecule has 2 amide bonds. The molecule has 1 saturated heterocycles. The summed E-state index contributed by atoms with van der Waals surface area (Å²) in [4.78, 5) is 24.3. The summed E-state index contributed by atoms with van der Waals surface area (Å²) in [6, 6.07) is -0.462. The van der Waals surface area contributed by atoms with Gasteiger partial charge in [-0.3, -0.25) is 14.5 Å². The summed E-state index contributed by atoms with van der Waals surface area (Å²) in [6.07, 6.45) is 1.85. The van der Waals surface area contributed by atoms with Gasteiger partial charge in [0.1, 0.15) is 0 Å². The number of nitrogens with one attached hydrogen (secondary N) is 2. The molecule has 1 fully saturated rings. The molecule has 0 spiro atoms. The Balaban J connectivity index is 2.25. The number of rotatable bonds is 7. The van der Waals surface area contributed by atoms with Gasteiger partial charge in [-0.2, -0.15) is 0 Å². The maximum absolute atomic E-state index is 11.7. The predicted molar refractivity (Wildman–Crippen MR) is 66.3 cm³/mol. The van der Waals surface area contributed by atoms with Crippen molar-refractivity contribution in [3.8, 4) is 0 Å². The van der Waals surface area contributed by atoms with Crippen LogP contribution in [0.4, 0.5) is 0 Å². The predicted octanol–water partition coefficient (Wildman–Crippen LogP) is -1.34. The number of carbonyl (C=O) groups is 2. The van der Waals surface area contributed by atoms with Crippen LogP contribution in [0.5, 0.6) is 0 Å². The molecule has 1 atom stereocenters. The number of hydrogen-bond acceptors (Lipinski definition) is 5. The second-order valence-electron chi connectivity index (χ2n) is 4.21. The third kappa shape index (κ3) is 4.35. The molecular weight excluding hydrogens is 258 g/mol. The van der Waals surface area contributed by atoms with Gasteiger partial charge in [0.05, 0.1) is 18.7 Å². The summed E-state index contributed by atoms with van der Waals surface area (Å²) < 4.78 is 23.9. The minimum absolute atomic E-state index is 0.158. The van der Waals surface area contributed by atoms with E-state index in [2.05, 4.69) is 10.0 Å². The standard InChI is InChI=1S/C10H19N3O4S/c1-3-13-9(14)7-8(10(13)15)11-5-4-6-12-18(2,16)17/h8,11-12H,3-7H2,1-2H3. The molecule has 1 unspecified atom stereocenters. The molecule has 1 aliphatic heterocycles. The van der Waals surface area contributed by atoms with E-state index in [1.54, 1.807) is 6.92 Å². The Hall–Kier alpha value is -0.990. The SMILES string of the molecule is CCN1C(=O)CC(NCCCNS(C)(=O)=O)C1=O. The van der Waals surface area contributed by atoms with Gasteiger partial charge in [0.25, 0.3) is 0 Å². The molecule has 8 heteroatoms. The molecule has 18 heavy (non-hydrogen) atoms. The first kappa shape index (κ1) is 15.1. The van der Waals surface area contributed by atoms with Crippen molar-refractivity contribution in [1.82, 2.24) is 14.9 Å². The number of nitrogens with zero attached hydrogens (tertiary/aromatic N) is 1. The van der Waals surface area contributed by atoms with Gasteiger partial charge in [-0.25, -0.2) is 13.1 Å². The van der Waals surface area contributed by atoms with E-state index in [0.29, 0.717) is 26.1 Å². The number of imide groups is 1. The molecule has 0 aromatic carbocycles. The van der Waals surface area contributed by atoms with E-state index in [4.69, 9.17) is 0 Å². The maximum Gasteiger partial charge on any atom is 0.246 e. The highest BCUT2D eigenvalue weighted by molar-refractivity contribution is 7.88. The molecule has 0 aliphatic carbocycles. The highest BCUT2D eigenvalue weighted by Crippen LogP contribution is 2.12. The summed E-state index contributed by atoms with van der Waals surface area (Å²) in [5.41, 5.74) is 0. The van der Waals surface area contributed by atoms with Crippen LogP contribution in [0.3, 0.4) is 0 Å². The van der Waals surface area contributed by atoms with E-state index in [9.17, 15) is 18.0 Å². The fourth-order valence-corrected chi connectivity index (χ4v) is 2.31. The van der Waals surface area contributed by atoms with Crippen molar-refractivity contribution >= 4 is 21.8 Å².